The van der Waals surface area contributed by atoms with E-state index in [4.69, 9.17) is 25.8 Å². The number of halogens is 1. The predicted molar refractivity (Wildman–Crippen MR) is 220 cm³/mol. The van der Waals surface area contributed by atoms with Gasteiger partial charge in [0.1, 0.15) is 11.5 Å². The number of amides is 1. The molecular formula is C43H49ClN6O7. The van der Waals surface area contributed by atoms with E-state index >= 15 is 0 Å². The van der Waals surface area contributed by atoms with E-state index < -0.39 is 11.2 Å². The molecule has 3 aromatic heterocycles. The van der Waals surface area contributed by atoms with Crippen molar-refractivity contribution in [3.8, 4) is 28.3 Å². The number of fused-ring (bicyclic) bond motifs is 1. The number of rotatable bonds is 13. The van der Waals surface area contributed by atoms with E-state index in [9.17, 15) is 19.2 Å². The van der Waals surface area contributed by atoms with Gasteiger partial charge in [-0.1, -0.05) is 24.9 Å². The molecule has 0 aliphatic carbocycles. The van der Waals surface area contributed by atoms with Crippen LogP contribution in [-0.4, -0.2) is 94.0 Å². The molecule has 2 saturated heterocycles. The second-order valence-electron chi connectivity index (χ2n) is 14.7. The summed E-state index contributed by atoms with van der Waals surface area (Å²) in [4.78, 5) is 61.3. The van der Waals surface area contributed by atoms with Crippen molar-refractivity contribution >= 4 is 28.3 Å². The molecule has 14 heteroatoms. The Bertz CT molecular complexity index is 2390. The smallest absolute Gasteiger partial charge is 0.332 e. The second-order valence-corrected chi connectivity index (χ2v) is 15.1. The van der Waals surface area contributed by atoms with E-state index in [1.165, 1.54) is 16.8 Å². The number of hydrogen-bond acceptors (Lipinski definition) is 9. The van der Waals surface area contributed by atoms with Crippen LogP contribution in [0.25, 0.3) is 27.6 Å². The monoisotopic (exact) mass is 796 g/mol. The normalized spacial score (nSPS) is 15.6. The zero-order valence-electron chi connectivity index (χ0n) is 32.7. The topological polar surface area (TPSA) is 141 Å². The molecule has 2 aromatic carbocycles. The SMILES string of the molecule is CCCCn1cc(-c2cc(OC)c(CCN3CCC(OC4CCN(C(=O)c5ccc(Cl)c(-n6ccc(=O)[nH]c6=O)c5)CC4)CC3)c(OC)c2)c2ccncc2c1=O. The third kappa shape index (κ3) is 8.85. The first-order valence-corrected chi connectivity index (χ1v) is 20.1. The molecule has 1 N–H and O–H groups in total. The van der Waals surface area contributed by atoms with Gasteiger partial charge in [0.2, 0.25) is 0 Å². The Kier molecular flexibility index (Phi) is 12.6. The first-order chi connectivity index (χ1) is 27.7. The number of carbonyl (C=O) groups is 1. The van der Waals surface area contributed by atoms with Crippen LogP contribution < -0.4 is 26.3 Å². The molecule has 2 aliphatic rings. The van der Waals surface area contributed by atoms with Crippen LogP contribution in [0.1, 0.15) is 61.4 Å². The highest BCUT2D eigenvalue weighted by Gasteiger charge is 2.29. The fraction of sp³-hybridized carbons (Fsp3) is 0.419. The number of benzene rings is 2. The number of nitrogens with one attached hydrogen (secondary N) is 1. The van der Waals surface area contributed by atoms with Gasteiger partial charge in [0.05, 0.1) is 42.5 Å². The van der Waals surface area contributed by atoms with Crippen LogP contribution in [0.5, 0.6) is 11.5 Å². The minimum Gasteiger partial charge on any atom is -0.496 e. The first kappa shape index (κ1) is 40.0. The molecule has 5 aromatic rings. The zero-order chi connectivity index (χ0) is 40.1. The standard InChI is InChI=1S/C43H49ClN6O7/c1-4-5-16-49-27-35(32-8-15-45-26-34(32)42(49)53)29-24-38(55-2)33(39(25-29)56-3)13-19-47-17-9-30(10-18-47)57-31-11-20-48(21-12-31)41(52)28-6-7-36(44)37(23-28)50-22-14-40(51)46-43(50)54/h6-8,14-15,22-27,30-31H,4-5,9-13,16-21H2,1-3H3,(H,46,51,54). The third-order valence-corrected chi connectivity index (χ3v) is 11.5. The van der Waals surface area contributed by atoms with E-state index in [0.29, 0.717) is 41.3 Å². The Balaban J connectivity index is 0.932. The number of nitrogens with zero attached hydrogens (tertiary/aromatic N) is 5. The van der Waals surface area contributed by atoms with Crippen molar-refractivity contribution in [1.82, 2.24) is 28.9 Å². The van der Waals surface area contributed by atoms with Crippen molar-refractivity contribution in [2.45, 2.75) is 70.6 Å². The van der Waals surface area contributed by atoms with Crippen molar-refractivity contribution in [2.75, 3.05) is 46.9 Å². The van der Waals surface area contributed by atoms with Gasteiger partial charge in [-0.25, -0.2) is 4.79 Å². The van der Waals surface area contributed by atoms with Crippen molar-refractivity contribution in [3.05, 3.63) is 115 Å². The van der Waals surface area contributed by atoms with Crippen molar-refractivity contribution in [1.29, 1.82) is 0 Å². The number of carbonyl (C=O) groups excluding carboxylic acids is 1. The van der Waals surface area contributed by atoms with Crippen molar-refractivity contribution < 1.29 is 19.0 Å². The van der Waals surface area contributed by atoms with Gasteiger partial charge in [-0.3, -0.25) is 28.9 Å². The quantitative estimate of drug-likeness (QED) is 0.159. The molecule has 57 heavy (non-hydrogen) atoms. The van der Waals surface area contributed by atoms with Crippen LogP contribution in [0.15, 0.2) is 81.6 Å². The fourth-order valence-corrected chi connectivity index (χ4v) is 8.18. The van der Waals surface area contributed by atoms with E-state index in [1.807, 2.05) is 29.3 Å². The van der Waals surface area contributed by atoms with Gasteiger partial charge in [0.15, 0.2) is 0 Å². The fourth-order valence-electron chi connectivity index (χ4n) is 7.97. The molecule has 1 amide bonds. The molecule has 2 fully saturated rings. The summed E-state index contributed by atoms with van der Waals surface area (Å²) < 4.78 is 21.5. The summed E-state index contributed by atoms with van der Waals surface area (Å²) in [5.74, 6) is 1.36. The lowest BCUT2D eigenvalue weighted by Crippen LogP contribution is -2.44. The Morgan fingerprint density at radius 1 is 0.895 bits per heavy atom. The molecule has 300 valence electrons. The molecule has 5 heterocycles. The summed E-state index contributed by atoms with van der Waals surface area (Å²) in [5, 5.41) is 1.73. The predicted octanol–water partition coefficient (Wildman–Crippen LogP) is 5.70. The lowest BCUT2D eigenvalue weighted by atomic mass is 9.97. The molecular weight excluding hydrogens is 748 g/mol. The Morgan fingerprint density at radius 2 is 1.60 bits per heavy atom. The maximum absolute atomic E-state index is 13.5. The number of H-pyrrole nitrogens is 1. The Hall–Kier alpha value is -5.24. The summed E-state index contributed by atoms with van der Waals surface area (Å²) >= 11 is 6.37. The lowest BCUT2D eigenvalue weighted by molar-refractivity contribution is -0.0620. The molecule has 0 bridgehead atoms. The van der Waals surface area contributed by atoms with E-state index in [-0.39, 0.29) is 23.7 Å². The number of aryl methyl sites for hydroxylation is 1. The third-order valence-electron chi connectivity index (χ3n) is 11.2. The average molecular weight is 797 g/mol. The minimum absolute atomic E-state index is 0.0334. The largest absolute Gasteiger partial charge is 0.496 e. The van der Waals surface area contributed by atoms with Gasteiger partial charge >= 0.3 is 5.69 Å². The minimum atomic E-state index is -0.628. The van der Waals surface area contributed by atoms with Crippen LogP contribution in [0, 0.1) is 0 Å². The van der Waals surface area contributed by atoms with Crippen LogP contribution in [0.4, 0.5) is 0 Å². The number of pyridine rings is 2. The number of aromatic nitrogens is 4. The number of ether oxygens (including phenoxy) is 3. The highest BCUT2D eigenvalue weighted by Crippen LogP contribution is 2.38. The molecule has 13 nitrogen and oxygen atoms in total. The lowest BCUT2D eigenvalue weighted by Gasteiger charge is -2.37. The van der Waals surface area contributed by atoms with Gasteiger partial charge in [-0.05, 0) is 85.9 Å². The molecule has 0 unspecified atom stereocenters. The summed E-state index contributed by atoms with van der Waals surface area (Å²) in [7, 11) is 3.37. The van der Waals surface area contributed by atoms with E-state index in [1.54, 1.807) is 49.4 Å². The maximum Gasteiger partial charge on any atom is 0.332 e. The van der Waals surface area contributed by atoms with E-state index in [0.717, 1.165) is 98.2 Å². The van der Waals surface area contributed by atoms with Gasteiger partial charge in [-0.15, -0.1) is 0 Å². The molecule has 0 saturated carbocycles. The van der Waals surface area contributed by atoms with Gasteiger partial charge in [0.25, 0.3) is 17.0 Å². The summed E-state index contributed by atoms with van der Waals surface area (Å²) in [6, 6.07) is 12.0. The number of piperidine rings is 2. The zero-order valence-corrected chi connectivity index (χ0v) is 33.4. The summed E-state index contributed by atoms with van der Waals surface area (Å²) in [5.41, 5.74) is 2.44. The van der Waals surface area contributed by atoms with Gasteiger partial charge in [0, 0.05) is 86.8 Å². The first-order valence-electron chi connectivity index (χ1n) is 19.7. The molecule has 7 rings (SSSR count). The summed E-state index contributed by atoms with van der Waals surface area (Å²) in [6.45, 7) is 6.57. The second kappa shape index (κ2) is 17.9. The number of aromatic amines is 1. The molecule has 0 atom stereocenters. The van der Waals surface area contributed by atoms with Crippen LogP contribution in [0.3, 0.4) is 0 Å². The molecule has 0 radical (unpaired) electrons. The number of likely N-dealkylation sites (tertiary alicyclic amines) is 2. The van der Waals surface area contributed by atoms with Crippen LogP contribution in [-0.2, 0) is 17.7 Å². The maximum atomic E-state index is 13.5. The van der Waals surface area contributed by atoms with Crippen LogP contribution in [0.2, 0.25) is 5.02 Å². The highest BCUT2D eigenvalue weighted by atomic mass is 35.5. The Labute approximate surface area is 335 Å². The van der Waals surface area contributed by atoms with Crippen LogP contribution >= 0.6 is 11.6 Å². The Morgan fingerprint density at radius 3 is 2.26 bits per heavy atom. The summed E-state index contributed by atoms with van der Waals surface area (Å²) in [6.07, 6.45) is 12.9. The van der Waals surface area contributed by atoms with Gasteiger partial charge in [-0.2, -0.15) is 0 Å². The van der Waals surface area contributed by atoms with E-state index in [2.05, 4.69) is 21.8 Å². The number of methoxy groups -OCH3 is 2. The average Bonchev–Trinajstić information content (AvgIpc) is 3.23. The molecule has 2 aliphatic heterocycles. The number of unbranched alkanes of at least 4 members (excludes halogenated alkanes) is 1. The van der Waals surface area contributed by atoms with Gasteiger partial charge < -0.3 is 28.6 Å². The highest BCUT2D eigenvalue weighted by molar-refractivity contribution is 6.32. The van der Waals surface area contributed by atoms with Crippen molar-refractivity contribution in [3.63, 3.8) is 0 Å². The number of hydrogen-bond donors (Lipinski definition) is 1. The van der Waals surface area contributed by atoms with Crippen molar-refractivity contribution in [2.24, 2.45) is 0 Å². The molecule has 0 spiro atoms.